The summed E-state index contributed by atoms with van der Waals surface area (Å²) in [6, 6.07) is 4.43. The van der Waals surface area contributed by atoms with Gasteiger partial charge in [0.05, 0.1) is 34.8 Å². The van der Waals surface area contributed by atoms with Crippen LogP contribution < -0.4 is 0 Å². The SMILES string of the molecule is O=C(O)c1cc(-n2nncc2CO)ccc1Cl. The van der Waals surface area contributed by atoms with Crippen molar-refractivity contribution in [2.45, 2.75) is 6.61 Å². The van der Waals surface area contributed by atoms with Crippen molar-refractivity contribution in [2.75, 3.05) is 0 Å². The number of hydrogen-bond acceptors (Lipinski definition) is 4. The normalized spacial score (nSPS) is 10.5. The predicted octanol–water partition coefficient (Wildman–Crippen LogP) is 1.11. The third kappa shape index (κ3) is 2.13. The van der Waals surface area contributed by atoms with E-state index in [9.17, 15) is 4.79 Å². The highest BCUT2D eigenvalue weighted by atomic mass is 35.5. The Bertz CT molecular complexity index is 568. The molecule has 0 spiro atoms. The first-order valence-corrected chi connectivity index (χ1v) is 5.05. The number of aromatic nitrogens is 3. The van der Waals surface area contributed by atoms with E-state index in [1.165, 1.54) is 23.0 Å². The third-order valence-corrected chi connectivity index (χ3v) is 2.54. The predicted molar refractivity (Wildman–Crippen MR) is 59.3 cm³/mol. The Balaban J connectivity index is 2.54. The summed E-state index contributed by atoms with van der Waals surface area (Å²) < 4.78 is 1.35. The Hall–Kier alpha value is -1.92. The van der Waals surface area contributed by atoms with Crippen LogP contribution in [0.3, 0.4) is 0 Å². The molecule has 0 saturated carbocycles. The largest absolute Gasteiger partial charge is 0.478 e. The van der Waals surface area contributed by atoms with Crippen LogP contribution in [0.25, 0.3) is 5.69 Å². The lowest BCUT2D eigenvalue weighted by molar-refractivity contribution is 0.0697. The van der Waals surface area contributed by atoms with Crippen LogP contribution >= 0.6 is 11.6 Å². The van der Waals surface area contributed by atoms with Gasteiger partial charge in [0.2, 0.25) is 0 Å². The lowest BCUT2D eigenvalue weighted by Crippen LogP contribution is -2.05. The third-order valence-electron chi connectivity index (χ3n) is 2.21. The molecule has 0 amide bonds. The zero-order valence-corrected chi connectivity index (χ0v) is 9.29. The van der Waals surface area contributed by atoms with Crippen LogP contribution in [0.1, 0.15) is 16.1 Å². The number of nitrogens with zero attached hydrogens (tertiary/aromatic N) is 3. The molecule has 17 heavy (non-hydrogen) atoms. The van der Waals surface area contributed by atoms with Crippen molar-refractivity contribution in [1.82, 2.24) is 15.0 Å². The highest BCUT2D eigenvalue weighted by Gasteiger charge is 2.12. The van der Waals surface area contributed by atoms with Crippen LogP contribution in [0.15, 0.2) is 24.4 Å². The molecule has 0 aliphatic carbocycles. The van der Waals surface area contributed by atoms with Crippen LogP contribution in [-0.4, -0.2) is 31.2 Å². The number of carboxylic acid groups (broad SMARTS) is 1. The average Bonchev–Trinajstić information content (AvgIpc) is 2.77. The summed E-state index contributed by atoms with van der Waals surface area (Å²) >= 11 is 5.75. The lowest BCUT2D eigenvalue weighted by atomic mass is 10.2. The van der Waals surface area contributed by atoms with Crippen LogP contribution in [-0.2, 0) is 6.61 Å². The molecule has 0 unspecified atom stereocenters. The van der Waals surface area contributed by atoms with Crippen molar-refractivity contribution in [3.63, 3.8) is 0 Å². The monoisotopic (exact) mass is 253 g/mol. The van der Waals surface area contributed by atoms with Gasteiger partial charge in [-0.25, -0.2) is 9.48 Å². The van der Waals surface area contributed by atoms with Gasteiger partial charge in [-0.05, 0) is 18.2 Å². The number of aliphatic hydroxyl groups is 1. The number of carboxylic acids is 1. The number of hydrogen-bond donors (Lipinski definition) is 2. The molecule has 88 valence electrons. The average molecular weight is 254 g/mol. The molecule has 0 bridgehead atoms. The minimum Gasteiger partial charge on any atom is -0.478 e. The second-order valence-corrected chi connectivity index (χ2v) is 3.67. The van der Waals surface area contributed by atoms with Gasteiger partial charge in [-0.2, -0.15) is 0 Å². The molecule has 0 atom stereocenters. The molecule has 2 aromatic rings. The summed E-state index contributed by atoms with van der Waals surface area (Å²) in [6.45, 7) is -0.238. The van der Waals surface area contributed by atoms with E-state index in [0.717, 1.165) is 0 Å². The number of rotatable bonds is 3. The van der Waals surface area contributed by atoms with Gasteiger partial charge >= 0.3 is 5.97 Å². The van der Waals surface area contributed by atoms with E-state index in [1.807, 2.05) is 0 Å². The number of carbonyl (C=O) groups is 1. The van der Waals surface area contributed by atoms with E-state index in [0.29, 0.717) is 11.4 Å². The van der Waals surface area contributed by atoms with E-state index in [1.54, 1.807) is 6.07 Å². The van der Waals surface area contributed by atoms with Gasteiger partial charge < -0.3 is 10.2 Å². The molecule has 2 N–H and O–H groups in total. The molecule has 2 rings (SSSR count). The summed E-state index contributed by atoms with van der Waals surface area (Å²) in [6.07, 6.45) is 1.40. The summed E-state index contributed by atoms with van der Waals surface area (Å²) in [4.78, 5) is 10.9. The summed E-state index contributed by atoms with van der Waals surface area (Å²) in [5.74, 6) is -1.12. The van der Waals surface area contributed by atoms with Crippen LogP contribution in [0.5, 0.6) is 0 Å². The Morgan fingerprint density at radius 1 is 1.47 bits per heavy atom. The molecule has 0 fully saturated rings. The zero-order valence-electron chi connectivity index (χ0n) is 8.54. The highest BCUT2D eigenvalue weighted by Crippen LogP contribution is 2.20. The maximum atomic E-state index is 10.9. The fourth-order valence-electron chi connectivity index (χ4n) is 1.39. The maximum absolute atomic E-state index is 10.9. The summed E-state index contributed by atoms with van der Waals surface area (Å²) in [7, 11) is 0. The summed E-state index contributed by atoms with van der Waals surface area (Å²) in [5.41, 5.74) is 0.917. The molecule has 6 nitrogen and oxygen atoms in total. The molecule has 7 heteroatoms. The van der Waals surface area contributed by atoms with E-state index < -0.39 is 5.97 Å². The number of benzene rings is 1. The van der Waals surface area contributed by atoms with Gasteiger partial charge in [-0.3, -0.25) is 0 Å². The van der Waals surface area contributed by atoms with E-state index in [2.05, 4.69) is 10.3 Å². The minimum atomic E-state index is -1.12. The van der Waals surface area contributed by atoms with Gasteiger partial charge in [0.25, 0.3) is 0 Å². The quantitative estimate of drug-likeness (QED) is 0.855. The molecule has 0 aliphatic heterocycles. The molecule has 1 heterocycles. The van der Waals surface area contributed by atoms with E-state index in [4.69, 9.17) is 21.8 Å². The Morgan fingerprint density at radius 3 is 2.88 bits per heavy atom. The molecule has 1 aromatic heterocycles. The van der Waals surface area contributed by atoms with Crippen molar-refractivity contribution >= 4 is 17.6 Å². The fourth-order valence-corrected chi connectivity index (χ4v) is 1.59. The first-order valence-electron chi connectivity index (χ1n) is 4.67. The molecule has 0 saturated heterocycles. The minimum absolute atomic E-state index is 0.0245. The van der Waals surface area contributed by atoms with Crippen molar-refractivity contribution < 1.29 is 15.0 Å². The van der Waals surface area contributed by atoms with Gasteiger partial charge in [0, 0.05) is 0 Å². The molecule has 1 aromatic carbocycles. The topological polar surface area (TPSA) is 88.2 Å². The Morgan fingerprint density at radius 2 is 2.24 bits per heavy atom. The number of halogens is 1. The van der Waals surface area contributed by atoms with Crippen molar-refractivity contribution in [1.29, 1.82) is 0 Å². The highest BCUT2D eigenvalue weighted by molar-refractivity contribution is 6.33. The lowest BCUT2D eigenvalue weighted by Gasteiger charge is -2.06. The Labute approximate surface area is 101 Å². The van der Waals surface area contributed by atoms with Crippen LogP contribution in [0.2, 0.25) is 5.02 Å². The van der Waals surface area contributed by atoms with Gasteiger partial charge in [-0.15, -0.1) is 5.10 Å². The van der Waals surface area contributed by atoms with Crippen molar-refractivity contribution in [2.24, 2.45) is 0 Å². The van der Waals surface area contributed by atoms with Gasteiger partial charge in [0.15, 0.2) is 0 Å². The zero-order chi connectivity index (χ0) is 12.4. The molecular formula is C10H8ClN3O3. The van der Waals surface area contributed by atoms with Crippen molar-refractivity contribution in [3.05, 3.63) is 40.7 Å². The smallest absolute Gasteiger partial charge is 0.337 e. The standard InChI is InChI=1S/C10H8ClN3O3/c11-9-2-1-6(3-8(9)10(16)17)14-7(5-15)4-12-13-14/h1-4,15H,5H2,(H,16,17). The first kappa shape index (κ1) is 11.6. The second-order valence-electron chi connectivity index (χ2n) is 3.26. The Kier molecular flexibility index (Phi) is 3.08. The van der Waals surface area contributed by atoms with Crippen molar-refractivity contribution in [3.8, 4) is 5.69 Å². The van der Waals surface area contributed by atoms with Crippen LogP contribution in [0.4, 0.5) is 0 Å². The van der Waals surface area contributed by atoms with Crippen LogP contribution in [0, 0.1) is 0 Å². The second kappa shape index (κ2) is 4.52. The maximum Gasteiger partial charge on any atom is 0.337 e. The fraction of sp³-hybridized carbons (Fsp3) is 0.100. The number of aromatic carboxylic acids is 1. The van der Waals surface area contributed by atoms with E-state index in [-0.39, 0.29) is 17.2 Å². The first-order chi connectivity index (χ1) is 8.13. The summed E-state index contributed by atoms with van der Waals surface area (Å²) in [5, 5.41) is 25.5. The van der Waals surface area contributed by atoms with Gasteiger partial charge in [0.1, 0.15) is 0 Å². The molecule has 0 radical (unpaired) electrons. The number of aliphatic hydroxyl groups excluding tert-OH is 1. The van der Waals surface area contributed by atoms with Gasteiger partial charge in [-0.1, -0.05) is 16.8 Å². The molecule has 0 aliphatic rings. The molecular weight excluding hydrogens is 246 g/mol. The van der Waals surface area contributed by atoms with E-state index >= 15 is 0 Å².